The Balaban J connectivity index is 2.77. The predicted octanol–water partition coefficient (Wildman–Crippen LogP) is 0.374. The molecule has 0 unspecified atom stereocenters. The molecule has 0 atom stereocenters. The van der Waals surface area contributed by atoms with Crippen molar-refractivity contribution in [1.29, 1.82) is 0 Å². The van der Waals surface area contributed by atoms with E-state index in [-0.39, 0.29) is 6.54 Å². The molecule has 1 heterocycles. The molecule has 6 heteroatoms. The van der Waals surface area contributed by atoms with Gasteiger partial charge in [-0.2, -0.15) is 4.31 Å². The SMILES string of the molecule is Cc1ocnc1CN(C)S(C)(=O)=O. The number of aromatic nitrogens is 1. The zero-order valence-corrected chi connectivity index (χ0v) is 8.63. The van der Waals surface area contributed by atoms with E-state index in [1.807, 2.05) is 0 Å². The van der Waals surface area contributed by atoms with Crippen molar-refractivity contribution in [1.82, 2.24) is 9.29 Å². The van der Waals surface area contributed by atoms with E-state index in [1.54, 1.807) is 6.92 Å². The monoisotopic (exact) mass is 204 g/mol. The minimum absolute atomic E-state index is 0.251. The highest BCUT2D eigenvalue weighted by Crippen LogP contribution is 2.08. The minimum atomic E-state index is -3.14. The van der Waals surface area contributed by atoms with Crippen molar-refractivity contribution < 1.29 is 12.8 Å². The second-order valence-corrected chi connectivity index (χ2v) is 4.96. The van der Waals surface area contributed by atoms with E-state index in [2.05, 4.69) is 4.98 Å². The molecule has 0 spiro atoms. The third-order valence-electron chi connectivity index (χ3n) is 1.78. The first-order valence-electron chi connectivity index (χ1n) is 3.71. The molecule has 0 aromatic carbocycles. The number of oxazole rings is 1. The smallest absolute Gasteiger partial charge is 0.211 e. The van der Waals surface area contributed by atoms with Gasteiger partial charge < -0.3 is 4.42 Å². The van der Waals surface area contributed by atoms with Crippen molar-refractivity contribution >= 4 is 10.0 Å². The van der Waals surface area contributed by atoms with E-state index >= 15 is 0 Å². The van der Waals surface area contributed by atoms with Gasteiger partial charge in [-0.15, -0.1) is 0 Å². The van der Waals surface area contributed by atoms with Crippen molar-refractivity contribution in [2.75, 3.05) is 13.3 Å². The van der Waals surface area contributed by atoms with Crippen LogP contribution in [0.3, 0.4) is 0 Å². The Kier molecular flexibility index (Phi) is 2.72. The van der Waals surface area contributed by atoms with Crippen molar-refractivity contribution in [3.8, 4) is 0 Å². The highest BCUT2D eigenvalue weighted by molar-refractivity contribution is 7.88. The van der Waals surface area contributed by atoms with Gasteiger partial charge in [0.25, 0.3) is 0 Å². The minimum Gasteiger partial charge on any atom is -0.448 e. The van der Waals surface area contributed by atoms with Gasteiger partial charge in [-0.25, -0.2) is 13.4 Å². The molecule has 0 radical (unpaired) electrons. The lowest BCUT2D eigenvalue weighted by Crippen LogP contribution is -2.25. The number of hydrogen-bond donors (Lipinski definition) is 0. The van der Waals surface area contributed by atoms with Crippen molar-refractivity contribution in [3.05, 3.63) is 17.8 Å². The Bertz CT molecular complexity index is 382. The summed E-state index contributed by atoms with van der Waals surface area (Å²) in [6, 6.07) is 0. The number of aryl methyl sites for hydroxylation is 1. The van der Waals surface area contributed by atoms with Crippen LogP contribution in [0.1, 0.15) is 11.5 Å². The Morgan fingerprint density at radius 2 is 2.23 bits per heavy atom. The normalized spacial score (nSPS) is 12.3. The van der Waals surface area contributed by atoms with Gasteiger partial charge in [0.15, 0.2) is 6.39 Å². The number of nitrogens with zero attached hydrogens (tertiary/aromatic N) is 2. The molecule has 0 aliphatic heterocycles. The molecule has 1 rings (SSSR count). The first-order valence-corrected chi connectivity index (χ1v) is 5.56. The van der Waals surface area contributed by atoms with E-state index < -0.39 is 10.0 Å². The second kappa shape index (κ2) is 3.47. The Hall–Kier alpha value is -0.880. The average Bonchev–Trinajstić information content (AvgIpc) is 2.34. The molecule has 0 bridgehead atoms. The fourth-order valence-electron chi connectivity index (χ4n) is 0.808. The average molecular weight is 204 g/mol. The van der Waals surface area contributed by atoms with E-state index in [9.17, 15) is 8.42 Å². The van der Waals surface area contributed by atoms with Crippen LogP contribution in [0.15, 0.2) is 10.8 Å². The lowest BCUT2D eigenvalue weighted by molar-refractivity contribution is 0.462. The molecule has 1 aromatic heterocycles. The Morgan fingerprint density at radius 3 is 2.62 bits per heavy atom. The van der Waals surface area contributed by atoms with E-state index in [0.29, 0.717) is 11.5 Å². The summed E-state index contributed by atoms with van der Waals surface area (Å²) in [6.45, 7) is 2.00. The van der Waals surface area contributed by atoms with Crippen LogP contribution in [-0.4, -0.2) is 31.0 Å². The standard InChI is InChI=1S/C7H12N2O3S/c1-6-7(8-5-12-6)4-9(2)13(3,10)11/h5H,4H2,1-3H3. The van der Waals surface area contributed by atoms with E-state index in [0.717, 1.165) is 6.26 Å². The molecular formula is C7H12N2O3S. The van der Waals surface area contributed by atoms with Crippen molar-refractivity contribution in [3.63, 3.8) is 0 Å². The molecule has 0 fully saturated rings. The van der Waals surface area contributed by atoms with Gasteiger partial charge in [-0.1, -0.05) is 0 Å². The third kappa shape index (κ3) is 2.53. The molecule has 13 heavy (non-hydrogen) atoms. The van der Waals surface area contributed by atoms with Gasteiger partial charge >= 0.3 is 0 Å². The second-order valence-electron chi connectivity index (χ2n) is 2.87. The van der Waals surface area contributed by atoms with Gasteiger partial charge in [-0.05, 0) is 6.92 Å². The Labute approximate surface area is 77.4 Å². The highest BCUT2D eigenvalue weighted by atomic mass is 32.2. The quantitative estimate of drug-likeness (QED) is 0.713. The molecule has 0 aliphatic carbocycles. The number of rotatable bonds is 3. The van der Waals surface area contributed by atoms with Crippen LogP contribution in [0, 0.1) is 6.92 Å². The largest absolute Gasteiger partial charge is 0.448 e. The van der Waals surface area contributed by atoms with Crippen LogP contribution in [0.5, 0.6) is 0 Å². The van der Waals surface area contributed by atoms with E-state index in [4.69, 9.17) is 4.42 Å². The summed E-state index contributed by atoms with van der Waals surface area (Å²) in [6.07, 6.45) is 2.46. The fourth-order valence-corrected chi connectivity index (χ4v) is 1.17. The highest BCUT2D eigenvalue weighted by Gasteiger charge is 2.14. The third-order valence-corrected chi connectivity index (χ3v) is 3.04. The van der Waals surface area contributed by atoms with Gasteiger partial charge in [-0.3, -0.25) is 0 Å². The van der Waals surface area contributed by atoms with Crippen molar-refractivity contribution in [2.24, 2.45) is 0 Å². The van der Waals surface area contributed by atoms with Gasteiger partial charge in [0.1, 0.15) is 5.76 Å². The number of sulfonamides is 1. The lowest BCUT2D eigenvalue weighted by Gasteiger charge is -2.11. The fraction of sp³-hybridized carbons (Fsp3) is 0.571. The summed E-state index contributed by atoms with van der Waals surface area (Å²) in [5, 5.41) is 0. The van der Waals surface area contributed by atoms with Crippen molar-refractivity contribution in [2.45, 2.75) is 13.5 Å². The molecule has 0 saturated carbocycles. The lowest BCUT2D eigenvalue weighted by atomic mass is 10.4. The van der Waals surface area contributed by atoms with Crippen LogP contribution in [0.25, 0.3) is 0 Å². The molecular weight excluding hydrogens is 192 g/mol. The summed E-state index contributed by atoms with van der Waals surface area (Å²) in [4.78, 5) is 3.90. The van der Waals surface area contributed by atoms with E-state index in [1.165, 1.54) is 17.7 Å². The maximum Gasteiger partial charge on any atom is 0.211 e. The zero-order valence-electron chi connectivity index (χ0n) is 7.81. The molecule has 74 valence electrons. The summed E-state index contributed by atoms with van der Waals surface area (Å²) < 4.78 is 28.2. The molecule has 0 amide bonds. The molecule has 0 aliphatic rings. The molecule has 5 nitrogen and oxygen atoms in total. The zero-order chi connectivity index (χ0) is 10.1. The summed E-state index contributed by atoms with van der Waals surface area (Å²) in [5.74, 6) is 0.649. The van der Waals surface area contributed by atoms with Crippen LogP contribution in [-0.2, 0) is 16.6 Å². The van der Waals surface area contributed by atoms with Crippen LogP contribution >= 0.6 is 0 Å². The first kappa shape index (κ1) is 10.2. The van der Waals surface area contributed by atoms with Crippen LogP contribution in [0.4, 0.5) is 0 Å². The molecule has 0 saturated heterocycles. The summed E-state index contributed by atoms with van der Waals surface area (Å²) in [5.41, 5.74) is 0.646. The maximum atomic E-state index is 11.0. The van der Waals surface area contributed by atoms with Gasteiger partial charge in [0.05, 0.1) is 18.5 Å². The Morgan fingerprint density at radius 1 is 1.62 bits per heavy atom. The summed E-state index contributed by atoms with van der Waals surface area (Å²) in [7, 11) is -1.64. The topological polar surface area (TPSA) is 63.4 Å². The van der Waals surface area contributed by atoms with Crippen LogP contribution in [0.2, 0.25) is 0 Å². The first-order chi connectivity index (χ1) is 5.91. The molecule has 0 N–H and O–H groups in total. The predicted molar refractivity (Wildman–Crippen MR) is 47.6 cm³/mol. The van der Waals surface area contributed by atoms with Gasteiger partial charge in [0, 0.05) is 7.05 Å². The molecule has 1 aromatic rings. The maximum absolute atomic E-state index is 11.0. The number of hydrogen-bond acceptors (Lipinski definition) is 4. The van der Waals surface area contributed by atoms with Gasteiger partial charge in [0.2, 0.25) is 10.0 Å². The van der Waals surface area contributed by atoms with Crippen LogP contribution < -0.4 is 0 Å². The summed E-state index contributed by atoms with van der Waals surface area (Å²) >= 11 is 0.